The van der Waals surface area contributed by atoms with E-state index >= 15 is 0 Å². The monoisotopic (exact) mass is 376 g/mol. The SMILES string of the molecule is Cc1ccc(C)c(N2C[C@@H](C(=O)Nc3ccc(Cl)c(Cl)c3)CC2=O)c1. The molecule has 1 N–H and O–H groups in total. The highest BCUT2D eigenvalue weighted by Crippen LogP contribution is 2.30. The maximum Gasteiger partial charge on any atom is 0.229 e. The van der Waals surface area contributed by atoms with Crippen molar-refractivity contribution >= 4 is 46.4 Å². The second-order valence-electron chi connectivity index (χ2n) is 6.31. The lowest BCUT2D eigenvalue weighted by atomic mass is 10.1. The van der Waals surface area contributed by atoms with Crippen LogP contribution in [0.3, 0.4) is 0 Å². The van der Waals surface area contributed by atoms with Crippen LogP contribution >= 0.6 is 23.2 Å². The molecule has 130 valence electrons. The zero-order chi connectivity index (χ0) is 18.1. The van der Waals surface area contributed by atoms with Gasteiger partial charge in [0.2, 0.25) is 11.8 Å². The molecule has 0 aromatic heterocycles. The average molecular weight is 377 g/mol. The maximum atomic E-state index is 12.5. The summed E-state index contributed by atoms with van der Waals surface area (Å²) < 4.78 is 0. The molecule has 1 fully saturated rings. The molecule has 0 bridgehead atoms. The number of amides is 2. The first-order valence-corrected chi connectivity index (χ1v) is 8.74. The van der Waals surface area contributed by atoms with Gasteiger partial charge in [-0.15, -0.1) is 0 Å². The van der Waals surface area contributed by atoms with Crippen LogP contribution in [0.1, 0.15) is 17.5 Å². The lowest BCUT2D eigenvalue weighted by Crippen LogP contribution is -2.28. The molecule has 25 heavy (non-hydrogen) atoms. The van der Waals surface area contributed by atoms with Crippen molar-refractivity contribution in [3.05, 3.63) is 57.6 Å². The largest absolute Gasteiger partial charge is 0.326 e. The van der Waals surface area contributed by atoms with Gasteiger partial charge in [-0.3, -0.25) is 9.59 Å². The molecule has 2 aromatic carbocycles. The second kappa shape index (κ2) is 7.06. The van der Waals surface area contributed by atoms with Crippen LogP contribution in [-0.4, -0.2) is 18.4 Å². The van der Waals surface area contributed by atoms with Crippen molar-refractivity contribution in [2.24, 2.45) is 5.92 Å². The van der Waals surface area contributed by atoms with Crippen molar-refractivity contribution < 1.29 is 9.59 Å². The van der Waals surface area contributed by atoms with Gasteiger partial charge in [-0.05, 0) is 49.2 Å². The van der Waals surface area contributed by atoms with Crippen LogP contribution < -0.4 is 10.2 Å². The van der Waals surface area contributed by atoms with E-state index in [1.54, 1.807) is 23.1 Å². The van der Waals surface area contributed by atoms with E-state index in [9.17, 15) is 9.59 Å². The van der Waals surface area contributed by atoms with Crippen molar-refractivity contribution in [1.29, 1.82) is 0 Å². The van der Waals surface area contributed by atoms with Gasteiger partial charge >= 0.3 is 0 Å². The van der Waals surface area contributed by atoms with Crippen molar-refractivity contribution in [1.82, 2.24) is 0 Å². The summed E-state index contributed by atoms with van der Waals surface area (Å²) in [7, 11) is 0. The first kappa shape index (κ1) is 17.8. The summed E-state index contributed by atoms with van der Waals surface area (Å²) in [5.74, 6) is -0.635. The minimum atomic E-state index is -0.401. The average Bonchev–Trinajstić information content (AvgIpc) is 2.95. The molecule has 0 unspecified atom stereocenters. The predicted molar refractivity (Wildman–Crippen MR) is 101 cm³/mol. The van der Waals surface area contributed by atoms with E-state index in [2.05, 4.69) is 5.32 Å². The van der Waals surface area contributed by atoms with Crippen LogP contribution in [0.2, 0.25) is 10.0 Å². The number of rotatable bonds is 3. The molecule has 0 spiro atoms. The Morgan fingerprint density at radius 2 is 1.88 bits per heavy atom. The number of carbonyl (C=O) groups excluding carboxylic acids is 2. The number of carbonyl (C=O) groups is 2. The number of anilines is 2. The highest BCUT2D eigenvalue weighted by molar-refractivity contribution is 6.42. The van der Waals surface area contributed by atoms with Gasteiger partial charge in [0, 0.05) is 24.3 Å². The summed E-state index contributed by atoms with van der Waals surface area (Å²) >= 11 is 11.9. The molecule has 3 rings (SSSR count). The van der Waals surface area contributed by atoms with Crippen LogP contribution in [0.25, 0.3) is 0 Å². The van der Waals surface area contributed by atoms with E-state index < -0.39 is 5.92 Å². The topological polar surface area (TPSA) is 49.4 Å². The van der Waals surface area contributed by atoms with Crippen molar-refractivity contribution in [2.75, 3.05) is 16.8 Å². The van der Waals surface area contributed by atoms with E-state index in [0.717, 1.165) is 16.8 Å². The van der Waals surface area contributed by atoms with E-state index in [0.29, 0.717) is 22.3 Å². The Kier molecular flexibility index (Phi) is 5.02. The molecule has 0 radical (unpaired) electrons. The molecular weight excluding hydrogens is 359 g/mol. The molecular formula is C19H18Cl2N2O2. The molecule has 2 aromatic rings. The second-order valence-corrected chi connectivity index (χ2v) is 7.13. The number of nitrogens with zero attached hydrogens (tertiary/aromatic N) is 1. The number of benzene rings is 2. The molecule has 0 aliphatic carbocycles. The molecule has 1 heterocycles. The number of hydrogen-bond acceptors (Lipinski definition) is 2. The Labute approximate surface area is 156 Å². The highest BCUT2D eigenvalue weighted by Gasteiger charge is 2.35. The number of aryl methyl sites for hydroxylation is 2. The summed E-state index contributed by atoms with van der Waals surface area (Å²) in [6.07, 6.45) is 0.195. The third-order valence-electron chi connectivity index (χ3n) is 4.34. The summed E-state index contributed by atoms with van der Waals surface area (Å²) in [4.78, 5) is 26.6. The summed E-state index contributed by atoms with van der Waals surface area (Å²) in [6, 6.07) is 10.9. The first-order chi connectivity index (χ1) is 11.8. The van der Waals surface area contributed by atoms with Gasteiger partial charge in [0.1, 0.15) is 0 Å². The van der Waals surface area contributed by atoms with Crippen LogP contribution in [0, 0.1) is 19.8 Å². The molecule has 1 atom stereocenters. The van der Waals surface area contributed by atoms with Gasteiger partial charge < -0.3 is 10.2 Å². The molecule has 0 saturated carbocycles. The third-order valence-corrected chi connectivity index (χ3v) is 5.08. The summed E-state index contributed by atoms with van der Waals surface area (Å²) in [6.45, 7) is 4.32. The van der Waals surface area contributed by atoms with Crippen LogP contribution in [-0.2, 0) is 9.59 Å². The molecule has 6 heteroatoms. The van der Waals surface area contributed by atoms with E-state index in [4.69, 9.17) is 23.2 Å². The standard InChI is InChI=1S/C19H18Cl2N2O2/c1-11-3-4-12(2)17(7-11)23-10-13(8-18(23)24)19(25)22-14-5-6-15(20)16(21)9-14/h3-7,9,13H,8,10H2,1-2H3,(H,22,25)/t13-/m0/s1. The summed E-state index contributed by atoms with van der Waals surface area (Å²) in [5.41, 5.74) is 3.54. The Morgan fingerprint density at radius 1 is 1.12 bits per heavy atom. The molecule has 1 aliphatic heterocycles. The Hall–Kier alpha value is -2.04. The van der Waals surface area contributed by atoms with Gasteiger partial charge in [-0.2, -0.15) is 0 Å². The normalized spacial score (nSPS) is 17.0. The Morgan fingerprint density at radius 3 is 2.60 bits per heavy atom. The Bertz CT molecular complexity index is 851. The first-order valence-electron chi connectivity index (χ1n) is 7.98. The fourth-order valence-electron chi connectivity index (χ4n) is 2.94. The molecule has 4 nitrogen and oxygen atoms in total. The molecule has 2 amide bonds. The minimum Gasteiger partial charge on any atom is -0.326 e. The predicted octanol–water partition coefficient (Wildman–Crippen LogP) is 4.60. The van der Waals surface area contributed by atoms with Gasteiger partial charge in [0.25, 0.3) is 0 Å². The fraction of sp³-hybridized carbons (Fsp3) is 0.263. The minimum absolute atomic E-state index is 0.0389. The highest BCUT2D eigenvalue weighted by atomic mass is 35.5. The van der Waals surface area contributed by atoms with Crippen LogP contribution in [0.4, 0.5) is 11.4 Å². The van der Waals surface area contributed by atoms with Crippen molar-refractivity contribution in [2.45, 2.75) is 20.3 Å². The quantitative estimate of drug-likeness (QED) is 0.850. The van der Waals surface area contributed by atoms with E-state index in [1.165, 1.54) is 0 Å². The van der Waals surface area contributed by atoms with Crippen LogP contribution in [0.15, 0.2) is 36.4 Å². The Balaban J connectivity index is 1.74. The molecule has 1 saturated heterocycles. The zero-order valence-electron chi connectivity index (χ0n) is 14.0. The lowest BCUT2D eigenvalue weighted by Gasteiger charge is -2.19. The van der Waals surface area contributed by atoms with E-state index in [-0.39, 0.29) is 18.2 Å². The van der Waals surface area contributed by atoms with E-state index in [1.807, 2.05) is 32.0 Å². The van der Waals surface area contributed by atoms with Gasteiger partial charge in [0.05, 0.1) is 16.0 Å². The maximum absolute atomic E-state index is 12.5. The fourth-order valence-corrected chi connectivity index (χ4v) is 3.24. The van der Waals surface area contributed by atoms with Gasteiger partial charge in [0.15, 0.2) is 0 Å². The summed E-state index contributed by atoms with van der Waals surface area (Å²) in [5, 5.41) is 3.61. The lowest BCUT2D eigenvalue weighted by molar-refractivity contribution is -0.122. The van der Waals surface area contributed by atoms with Crippen LogP contribution in [0.5, 0.6) is 0 Å². The number of halogens is 2. The van der Waals surface area contributed by atoms with Crippen molar-refractivity contribution in [3.63, 3.8) is 0 Å². The smallest absolute Gasteiger partial charge is 0.229 e. The number of nitrogens with one attached hydrogen (secondary N) is 1. The van der Waals surface area contributed by atoms with Crippen molar-refractivity contribution in [3.8, 4) is 0 Å². The zero-order valence-corrected chi connectivity index (χ0v) is 15.5. The van der Waals surface area contributed by atoms with Gasteiger partial charge in [-0.25, -0.2) is 0 Å². The number of hydrogen-bond donors (Lipinski definition) is 1. The molecule has 1 aliphatic rings. The third kappa shape index (κ3) is 3.80. The van der Waals surface area contributed by atoms with Gasteiger partial charge in [-0.1, -0.05) is 35.3 Å².